The van der Waals surface area contributed by atoms with Gasteiger partial charge in [-0.05, 0) is 50.0 Å². The maximum absolute atomic E-state index is 13.7. The number of aryl methyl sites for hydroxylation is 1. The summed E-state index contributed by atoms with van der Waals surface area (Å²) in [6.07, 6.45) is 3.40. The van der Waals surface area contributed by atoms with Gasteiger partial charge in [0, 0.05) is 6.04 Å². The van der Waals surface area contributed by atoms with Crippen molar-refractivity contribution in [2.24, 2.45) is 0 Å². The van der Waals surface area contributed by atoms with E-state index < -0.39 is 5.97 Å². The van der Waals surface area contributed by atoms with Crippen LogP contribution in [0.15, 0.2) is 18.2 Å². The minimum atomic E-state index is -0.837. The largest absolute Gasteiger partial charge is 0.481 e. The summed E-state index contributed by atoms with van der Waals surface area (Å²) in [5, 5.41) is 9.08. The number of carboxylic acids is 1. The zero-order chi connectivity index (χ0) is 13.8. The van der Waals surface area contributed by atoms with E-state index >= 15 is 0 Å². The number of halogens is 1. The van der Waals surface area contributed by atoms with Gasteiger partial charge in [-0.15, -0.1) is 0 Å². The fourth-order valence-electron chi connectivity index (χ4n) is 2.67. The van der Waals surface area contributed by atoms with Crippen LogP contribution in [0, 0.1) is 12.7 Å². The predicted molar refractivity (Wildman–Crippen MR) is 71.6 cm³/mol. The van der Waals surface area contributed by atoms with Gasteiger partial charge in [-0.1, -0.05) is 18.6 Å². The van der Waals surface area contributed by atoms with Gasteiger partial charge in [-0.2, -0.15) is 0 Å². The van der Waals surface area contributed by atoms with Crippen LogP contribution in [0.4, 0.5) is 4.39 Å². The molecule has 19 heavy (non-hydrogen) atoms. The van der Waals surface area contributed by atoms with E-state index in [2.05, 4.69) is 4.90 Å². The highest BCUT2D eigenvalue weighted by Crippen LogP contribution is 2.28. The minimum absolute atomic E-state index is 0.0303. The van der Waals surface area contributed by atoms with E-state index in [1.165, 1.54) is 12.5 Å². The minimum Gasteiger partial charge on any atom is -0.481 e. The molecule has 0 saturated carbocycles. The molecule has 0 amide bonds. The summed E-state index contributed by atoms with van der Waals surface area (Å²) in [4.78, 5) is 13.2. The van der Waals surface area contributed by atoms with Crippen molar-refractivity contribution in [1.29, 1.82) is 0 Å². The zero-order valence-corrected chi connectivity index (χ0v) is 11.2. The van der Waals surface area contributed by atoms with Crippen LogP contribution in [0.25, 0.3) is 0 Å². The molecule has 0 radical (unpaired) electrons. The van der Waals surface area contributed by atoms with E-state index in [-0.39, 0.29) is 18.3 Å². The van der Waals surface area contributed by atoms with Crippen LogP contribution < -0.4 is 0 Å². The molecule has 1 aromatic rings. The summed E-state index contributed by atoms with van der Waals surface area (Å²) in [5.74, 6) is -1.10. The second-order valence-corrected chi connectivity index (χ2v) is 5.22. The first-order valence-electron chi connectivity index (χ1n) is 6.80. The lowest BCUT2D eigenvalue weighted by molar-refractivity contribution is -0.138. The Morgan fingerprint density at radius 2 is 2.05 bits per heavy atom. The predicted octanol–water partition coefficient (Wildman–Crippen LogP) is 3.14. The van der Waals surface area contributed by atoms with Gasteiger partial charge in [-0.3, -0.25) is 9.69 Å². The third kappa shape index (κ3) is 3.53. The Kier molecular flexibility index (Phi) is 4.53. The van der Waals surface area contributed by atoms with Crippen molar-refractivity contribution in [1.82, 2.24) is 4.90 Å². The van der Waals surface area contributed by atoms with Crippen LogP contribution in [0.3, 0.4) is 0 Å². The normalized spacial score (nSPS) is 18.2. The highest BCUT2D eigenvalue weighted by molar-refractivity contribution is 5.68. The Morgan fingerprint density at radius 3 is 2.63 bits per heavy atom. The maximum atomic E-state index is 13.7. The number of rotatable bonds is 4. The lowest BCUT2D eigenvalue weighted by Crippen LogP contribution is -2.35. The van der Waals surface area contributed by atoms with E-state index in [0.29, 0.717) is 5.56 Å². The highest BCUT2D eigenvalue weighted by atomic mass is 19.1. The maximum Gasteiger partial charge on any atom is 0.305 e. The van der Waals surface area contributed by atoms with Gasteiger partial charge < -0.3 is 5.11 Å². The number of nitrogens with zero attached hydrogens (tertiary/aromatic N) is 1. The molecule has 1 N–H and O–H groups in total. The first-order valence-corrected chi connectivity index (χ1v) is 6.80. The molecule has 1 aliphatic heterocycles. The molecule has 3 nitrogen and oxygen atoms in total. The molecule has 1 aliphatic rings. The van der Waals surface area contributed by atoms with E-state index in [4.69, 9.17) is 5.11 Å². The fourth-order valence-corrected chi connectivity index (χ4v) is 2.67. The smallest absolute Gasteiger partial charge is 0.305 e. The standard InChI is InChI=1S/C15H20FNO2/c1-11-5-6-12(9-13(11)16)14(10-15(18)19)17-7-3-2-4-8-17/h5-6,9,14H,2-4,7-8,10H2,1H3,(H,18,19). The summed E-state index contributed by atoms with van der Waals surface area (Å²) < 4.78 is 13.7. The molecule has 0 spiro atoms. The van der Waals surface area contributed by atoms with Crippen molar-refractivity contribution in [2.45, 2.75) is 38.6 Å². The molecule has 0 aliphatic carbocycles. The third-order valence-electron chi connectivity index (χ3n) is 3.78. The van der Waals surface area contributed by atoms with Gasteiger partial charge in [0.2, 0.25) is 0 Å². The molecule has 2 rings (SSSR count). The second kappa shape index (κ2) is 6.15. The number of likely N-dealkylation sites (tertiary alicyclic amines) is 1. The van der Waals surface area contributed by atoms with E-state index in [1.54, 1.807) is 13.0 Å². The van der Waals surface area contributed by atoms with E-state index in [9.17, 15) is 9.18 Å². The van der Waals surface area contributed by atoms with Crippen molar-refractivity contribution in [3.63, 3.8) is 0 Å². The molecule has 1 unspecified atom stereocenters. The summed E-state index contributed by atoms with van der Waals surface area (Å²) in [5.41, 5.74) is 1.36. The average molecular weight is 265 g/mol. The SMILES string of the molecule is Cc1ccc(C(CC(=O)O)N2CCCCC2)cc1F. The Bertz CT molecular complexity index is 455. The van der Waals surface area contributed by atoms with Crippen LogP contribution >= 0.6 is 0 Å². The van der Waals surface area contributed by atoms with Crippen LogP contribution in [0.2, 0.25) is 0 Å². The molecule has 1 aromatic carbocycles. The Balaban J connectivity index is 2.24. The van der Waals surface area contributed by atoms with Crippen LogP contribution in [0.5, 0.6) is 0 Å². The van der Waals surface area contributed by atoms with E-state index in [1.807, 2.05) is 6.07 Å². The summed E-state index contributed by atoms with van der Waals surface area (Å²) in [7, 11) is 0. The first-order chi connectivity index (χ1) is 9.08. The molecule has 1 heterocycles. The number of benzene rings is 1. The number of hydrogen-bond donors (Lipinski definition) is 1. The Labute approximate surface area is 113 Å². The topological polar surface area (TPSA) is 40.5 Å². The molecule has 4 heteroatoms. The van der Waals surface area contributed by atoms with Crippen LogP contribution in [-0.4, -0.2) is 29.1 Å². The van der Waals surface area contributed by atoms with Gasteiger partial charge in [0.25, 0.3) is 0 Å². The number of carboxylic acid groups (broad SMARTS) is 1. The lowest BCUT2D eigenvalue weighted by Gasteiger charge is -2.34. The van der Waals surface area contributed by atoms with E-state index in [0.717, 1.165) is 31.5 Å². The monoisotopic (exact) mass is 265 g/mol. The number of carbonyl (C=O) groups is 1. The van der Waals surface area contributed by atoms with Gasteiger partial charge in [0.05, 0.1) is 6.42 Å². The summed E-state index contributed by atoms with van der Waals surface area (Å²) >= 11 is 0. The Hall–Kier alpha value is -1.42. The zero-order valence-electron chi connectivity index (χ0n) is 11.2. The van der Waals surface area contributed by atoms with Crippen LogP contribution in [0.1, 0.15) is 42.9 Å². The molecule has 1 fully saturated rings. The quantitative estimate of drug-likeness (QED) is 0.909. The molecule has 1 atom stereocenters. The molecule has 0 bridgehead atoms. The van der Waals surface area contributed by atoms with Crippen molar-refractivity contribution in [2.75, 3.05) is 13.1 Å². The Morgan fingerprint density at radius 1 is 1.37 bits per heavy atom. The molecule has 104 valence electrons. The van der Waals surface area contributed by atoms with Crippen molar-refractivity contribution in [3.8, 4) is 0 Å². The van der Waals surface area contributed by atoms with Gasteiger partial charge in [0.15, 0.2) is 0 Å². The fraction of sp³-hybridized carbons (Fsp3) is 0.533. The van der Waals surface area contributed by atoms with Crippen LogP contribution in [-0.2, 0) is 4.79 Å². The number of piperidine rings is 1. The highest BCUT2D eigenvalue weighted by Gasteiger charge is 2.25. The average Bonchev–Trinajstić information content (AvgIpc) is 2.40. The lowest BCUT2D eigenvalue weighted by atomic mass is 9.98. The summed E-state index contributed by atoms with van der Waals surface area (Å²) in [6, 6.07) is 4.84. The first kappa shape index (κ1) is 14.0. The number of hydrogen-bond acceptors (Lipinski definition) is 2. The van der Waals surface area contributed by atoms with Gasteiger partial charge in [0.1, 0.15) is 5.82 Å². The van der Waals surface area contributed by atoms with Gasteiger partial charge >= 0.3 is 5.97 Å². The summed E-state index contributed by atoms with van der Waals surface area (Å²) in [6.45, 7) is 3.51. The molecule has 1 saturated heterocycles. The van der Waals surface area contributed by atoms with Crippen molar-refractivity contribution < 1.29 is 14.3 Å². The van der Waals surface area contributed by atoms with Crippen molar-refractivity contribution in [3.05, 3.63) is 35.1 Å². The number of aliphatic carboxylic acids is 1. The second-order valence-electron chi connectivity index (χ2n) is 5.22. The molecule has 0 aromatic heterocycles. The van der Waals surface area contributed by atoms with Crippen molar-refractivity contribution >= 4 is 5.97 Å². The van der Waals surface area contributed by atoms with Gasteiger partial charge in [-0.25, -0.2) is 4.39 Å². The third-order valence-corrected chi connectivity index (χ3v) is 3.78. The molecular formula is C15H20FNO2. The molecular weight excluding hydrogens is 245 g/mol.